The molecule has 0 bridgehead atoms. The van der Waals surface area contributed by atoms with Crippen molar-refractivity contribution in [2.24, 2.45) is 11.7 Å². The van der Waals surface area contributed by atoms with Gasteiger partial charge in [-0.1, -0.05) is 12.1 Å². The normalized spacial score (nSPS) is 22.2. The SMILES string of the molecule is Cc1cccc(NC2CCC(C(N)=O)CC2)c1[N+](=O)[O-]. The number of hydrogen-bond donors (Lipinski definition) is 2. The maximum atomic E-state index is 11.1. The molecule has 1 aromatic rings. The smallest absolute Gasteiger partial charge is 0.295 e. The quantitative estimate of drug-likeness (QED) is 0.652. The molecule has 1 aliphatic rings. The van der Waals surface area contributed by atoms with E-state index in [1.807, 2.05) is 0 Å². The zero-order valence-corrected chi connectivity index (χ0v) is 11.5. The van der Waals surface area contributed by atoms with Crippen LogP contribution in [0.2, 0.25) is 0 Å². The molecule has 2 rings (SSSR count). The van der Waals surface area contributed by atoms with Crippen LogP contribution < -0.4 is 11.1 Å². The number of primary amides is 1. The molecule has 0 aromatic heterocycles. The first kappa shape index (κ1) is 14.3. The van der Waals surface area contributed by atoms with E-state index < -0.39 is 0 Å². The number of nitrogens with zero attached hydrogens (tertiary/aromatic N) is 1. The van der Waals surface area contributed by atoms with Gasteiger partial charge in [-0.25, -0.2) is 0 Å². The lowest BCUT2D eigenvalue weighted by Crippen LogP contribution is -2.32. The van der Waals surface area contributed by atoms with Gasteiger partial charge in [0.2, 0.25) is 5.91 Å². The molecule has 0 heterocycles. The minimum absolute atomic E-state index is 0.0551. The number of amides is 1. The fourth-order valence-corrected chi connectivity index (χ4v) is 2.76. The molecule has 0 unspecified atom stereocenters. The van der Waals surface area contributed by atoms with Crippen LogP contribution >= 0.6 is 0 Å². The highest BCUT2D eigenvalue weighted by atomic mass is 16.6. The van der Waals surface area contributed by atoms with E-state index in [0.29, 0.717) is 11.3 Å². The maximum Gasteiger partial charge on any atom is 0.295 e. The molecule has 108 valence electrons. The predicted molar refractivity (Wildman–Crippen MR) is 76.4 cm³/mol. The Labute approximate surface area is 117 Å². The Bertz CT molecular complexity index is 522. The van der Waals surface area contributed by atoms with Gasteiger partial charge in [0.1, 0.15) is 5.69 Å². The van der Waals surface area contributed by atoms with Crippen LogP contribution in [0.15, 0.2) is 18.2 Å². The molecule has 0 spiro atoms. The number of benzene rings is 1. The van der Waals surface area contributed by atoms with E-state index in [9.17, 15) is 14.9 Å². The monoisotopic (exact) mass is 277 g/mol. The van der Waals surface area contributed by atoms with E-state index in [2.05, 4.69) is 5.32 Å². The highest BCUT2D eigenvalue weighted by Gasteiger charge is 2.26. The maximum absolute atomic E-state index is 11.1. The van der Waals surface area contributed by atoms with Crippen LogP contribution in [0, 0.1) is 23.0 Å². The number of carbonyl (C=O) groups is 1. The summed E-state index contributed by atoms with van der Waals surface area (Å²) in [5, 5.41) is 14.4. The molecule has 0 atom stereocenters. The second kappa shape index (κ2) is 5.90. The zero-order valence-electron chi connectivity index (χ0n) is 11.5. The van der Waals surface area contributed by atoms with Gasteiger partial charge in [0.25, 0.3) is 5.69 Å². The van der Waals surface area contributed by atoms with E-state index in [1.165, 1.54) is 0 Å². The molecule has 1 fully saturated rings. The molecule has 1 aliphatic carbocycles. The third-order valence-corrected chi connectivity index (χ3v) is 3.91. The molecule has 6 nitrogen and oxygen atoms in total. The molecule has 1 amide bonds. The van der Waals surface area contributed by atoms with Gasteiger partial charge >= 0.3 is 0 Å². The summed E-state index contributed by atoms with van der Waals surface area (Å²) in [6.07, 6.45) is 3.09. The number of nitro benzene ring substituents is 1. The average Bonchev–Trinajstić information content (AvgIpc) is 2.39. The molecule has 0 aliphatic heterocycles. The van der Waals surface area contributed by atoms with E-state index in [1.54, 1.807) is 25.1 Å². The molecule has 1 aromatic carbocycles. The zero-order chi connectivity index (χ0) is 14.7. The first-order chi connectivity index (χ1) is 9.49. The Morgan fingerprint density at radius 3 is 2.55 bits per heavy atom. The molecule has 3 N–H and O–H groups in total. The predicted octanol–water partition coefficient (Wildman–Crippen LogP) is 2.36. The van der Waals surface area contributed by atoms with Crippen molar-refractivity contribution in [2.45, 2.75) is 38.6 Å². The molecule has 0 radical (unpaired) electrons. The van der Waals surface area contributed by atoms with Crippen LogP contribution in [0.25, 0.3) is 0 Å². The number of aryl methyl sites for hydroxylation is 1. The van der Waals surface area contributed by atoms with Crippen molar-refractivity contribution in [3.8, 4) is 0 Å². The summed E-state index contributed by atoms with van der Waals surface area (Å²) < 4.78 is 0. The first-order valence-corrected chi connectivity index (χ1v) is 6.79. The van der Waals surface area contributed by atoms with Crippen LogP contribution in [-0.4, -0.2) is 16.9 Å². The Kier molecular flexibility index (Phi) is 4.22. The van der Waals surface area contributed by atoms with Gasteiger partial charge in [-0.2, -0.15) is 0 Å². The van der Waals surface area contributed by atoms with Gasteiger partial charge in [-0.15, -0.1) is 0 Å². The molecular formula is C14H19N3O3. The number of nitro groups is 1. The van der Waals surface area contributed by atoms with Crippen LogP contribution in [0.1, 0.15) is 31.2 Å². The van der Waals surface area contributed by atoms with Crippen molar-refractivity contribution in [1.82, 2.24) is 0 Å². The van der Waals surface area contributed by atoms with E-state index in [4.69, 9.17) is 5.73 Å². The summed E-state index contributed by atoms with van der Waals surface area (Å²) >= 11 is 0. The minimum atomic E-state index is -0.354. The third-order valence-electron chi connectivity index (χ3n) is 3.91. The van der Waals surface area contributed by atoms with E-state index in [0.717, 1.165) is 25.7 Å². The number of nitrogens with one attached hydrogen (secondary N) is 1. The third kappa shape index (κ3) is 3.07. The summed E-state index contributed by atoms with van der Waals surface area (Å²) in [4.78, 5) is 21.9. The van der Waals surface area contributed by atoms with Gasteiger partial charge < -0.3 is 11.1 Å². The fraction of sp³-hybridized carbons (Fsp3) is 0.500. The van der Waals surface area contributed by atoms with Crippen molar-refractivity contribution >= 4 is 17.3 Å². The molecule has 0 saturated heterocycles. The van der Waals surface area contributed by atoms with Gasteiger partial charge in [0.15, 0.2) is 0 Å². The second-order valence-electron chi connectivity index (χ2n) is 5.32. The highest BCUT2D eigenvalue weighted by Crippen LogP contribution is 2.32. The summed E-state index contributed by atoms with van der Waals surface area (Å²) in [6.45, 7) is 1.73. The number of rotatable bonds is 4. The van der Waals surface area contributed by atoms with Crippen LogP contribution in [0.5, 0.6) is 0 Å². The Morgan fingerprint density at radius 1 is 1.35 bits per heavy atom. The lowest BCUT2D eigenvalue weighted by molar-refractivity contribution is -0.384. The largest absolute Gasteiger partial charge is 0.377 e. The van der Waals surface area contributed by atoms with Crippen LogP contribution in [-0.2, 0) is 4.79 Å². The minimum Gasteiger partial charge on any atom is -0.377 e. The van der Waals surface area contributed by atoms with Gasteiger partial charge in [-0.3, -0.25) is 14.9 Å². The average molecular weight is 277 g/mol. The fourth-order valence-electron chi connectivity index (χ4n) is 2.76. The van der Waals surface area contributed by atoms with E-state index >= 15 is 0 Å². The summed E-state index contributed by atoms with van der Waals surface area (Å²) in [5.41, 5.74) is 6.63. The number of carbonyl (C=O) groups excluding carboxylic acids is 1. The van der Waals surface area contributed by atoms with Crippen molar-refractivity contribution in [3.05, 3.63) is 33.9 Å². The highest BCUT2D eigenvalue weighted by molar-refractivity contribution is 5.76. The summed E-state index contributed by atoms with van der Waals surface area (Å²) in [5.74, 6) is -0.300. The first-order valence-electron chi connectivity index (χ1n) is 6.79. The lowest BCUT2D eigenvalue weighted by atomic mass is 9.85. The second-order valence-corrected chi connectivity index (χ2v) is 5.32. The molecule has 6 heteroatoms. The number of nitrogens with two attached hydrogens (primary N) is 1. The molecule has 1 saturated carbocycles. The molecular weight excluding hydrogens is 258 g/mol. The van der Waals surface area contributed by atoms with Crippen molar-refractivity contribution in [2.75, 3.05) is 5.32 Å². The summed E-state index contributed by atoms with van der Waals surface area (Å²) in [6, 6.07) is 5.42. The van der Waals surface area contributed by atoms with Crippen LogP contribution in [0.4, 0.5) is 11.4 Å². The van der Waals surface area contributed by atoms with Gasteiger partial charge in [0.05, 0.1) is 4.92 Å². The topological polar surface area (TPSA) is 98.3 Å². The summed E-state index contributed by atoms with van der Waals surface area (Å²) in [7, 11) is 0. The van der Waals surface area contributed by atoms with Crippen LogP contribution in [0.3, 0.4) is 0 Å². The number of anilines is 1. The standard InChI is InChI=1S/C14H19N3O3/c1-9-3-2-4-12(13(9)17(19)20)16-11-7-5-10(6-8-11)14(15)18/h2-4,10-11,16H,5-8H2,1H3,(H2,15,18). The van der Waals surface area contributed by atoms with Gasteiger partial charge in [0, 0.05) is 17.5 Å². The Balaban J connectivity index is 2.07. The van der Waals surface area contributed by atoms with Crippen molar-refractivity contribution in [1.29, 1.82) is 0 Å². The number of para-hydroxylation sites is 1. The lowest BCUT2D eigenvalue weighted by Gasteiger charge is -2.28. The molecule has 20 heavy (non-hydrogen) atoms. The Hall–Kier alpha value is -2.11. The van der Waals surface area contributed by atoms with Crippen molar-refractivity contribution < 1.29 is 9.72 Å². The Morgan fingerprint density at radius 2 is 2.00 bits per heavy atom. The van der Waals surface area contributed by atoms with Gasteiger partial charge in [-0.05, 0) is 38.7 Å². The van der Waals surface area contributed by atoms with Crippen molar-refractivity contribution in [3.63, 3.8) is 0 Å². The van der Waals surface area contributed by atoms with E-state index in [-0.39, 0.29) is 28.5 Å². The number of hydrogen-bond acceptors (Lipinski definition) is 4.